The van der Waals surface area contributed by atoms with E-state index in [1.54, 1.807) is 4.90 Å². The molecule has 0 aromatic carbocycles. The van der Waals surface area contributed by atoms with Crippen molar-refractivity contribution in [3.8, 4) is 11.3 Å². The first-order valence-corrected chi connectivity index (χ1v) is 8.89. The quantitative estimate of drug-likeness (QED) is 0.647. The summed E-state index contributed by atoms with van der Waals surface area (Å²) in [6.07, 6.45) is -0.0336. The number of nitrogens with zero attached hydrogens (tertiary/aromatic N) is 4. The van der Waals surface area contributed by atoms with E-state index in [0.717, 1.165) is 23.1 Å². The van der Waals surface area contributed by atoms with Crippen molar-refractivity contribution in [2.45, 2.75) is 18.3 Å². The van der Waals surface area contributed by atoms with Crippen LogP contribution in [-0.4, -0.2) is 63.7 Å². The lowest BCUT2D eigenvalue weighted by molar-refractivity contribution is -0.137. The van der Waals surface area contributed by atoms with Crippen LogP contribution in [0.3, 0.4) is 0 Å². The molecule has 0 saturated carbocycles. The summed E-state index contributed by atoms with van der Waals surface area (Å²) in [5.74, 6) is -0.288. The van der Waals surface area contributed by atoms with Gasteiger partial charge in [-0.2, -0.15) is 13.2 Å². The molecule has 5 heterocycles. The normalized spacial score (nSPS) is 22.2. The molecule has 0 spiro atoms. The summed E-state index contributed by atoms with van der Waals surface area (Å²) < 4.78 is 57.9. The van der Waals surface area contributed by atoms with E-state index >= 15 is 0 Å². The van der Waals surface area contributed by atoms with Gasteiger partial charge in [0.15, 0.2) is 12.2 Å². The van der Waals surface area contributed by atoms with Crippen molar-refractivity contribution in [2.24, 2.45) is 0 Å². The van der Waals surface area contributed by atoms with E-state index in [0.29, 0.717) is 26.4 Å². The second-order valence-electron chi connectivity index (χ2n) is 6.94. The molecule has 0 N–H and O–H groups in total. The van der Waals surface area contributed by atoms with Crippen LogP contribution in [-0.2, 0) is 15.7 Å². The largest absolute Gasteiger partial charge is 0.443 e. The maximum atomic E-state index is 13.5. The number of carbonyl (C=O) groups is 1. The second-order valence-corrected chi connectivity index (χ2v) is 6.94. The second kappa shape index (κ2) is 6.56. The van der Waals surface area contributed by atoms with Gasteiger partial charge in [-0.3, -0.25) is 9.20 Å². The standard InChI is InChI=1S/C18H15F3N4O4/c19-18(20,21)10-1-13(15-3-22-9-29-15)16-23-2-14(24(16)4-10)17(26)25-11-5-27-7-12(25)8-28-6-11/h1-4,9,11-12H,5-8H2. The molecule has 3 aromatic heterocycles. The molecule has 11 heteroatoms. The van der Waals surface area contributed by atoms with Crippen LogP contribution in [0.5, 0.6) is 0 Å². The number of fused-ring (bicyclic) bond motifs is 3. The smallest absolute Gasteiger partial charge is 0.417 e. The molecule has 0 aliphatic carbocycles. The zero-order chi connectivity index (χ0) is 20.2. The molecule has 2 aliphatic rings. The molecule has 29 heavy (non-hydrogen) atoms. The number of halogens is 3. The zero-order valence-electron chi connectivity index (χ0n) is 14.9. The number of hydrogen-bond acceptors (Lipinski definition) is 6. The van der Waals surface area contributed by atoms with Crippen molar-refractivity contribution in [1.29, 1.82) is 0 Å². The number of ether oxygens (including phenoxy) is 2. The van der Waals surface area contributed by atoms with E-state index in [1.807, 2.05) is 0 Å². The third kappa shape index (κ3) is 2.97. The molecule has 0 unspecified atom stereocenters. The SMILES string of the molecule is O=C(c1cnc2c(-c3cnco3)cc(C(F)(F)F)cn12)N1C2COCC1COC2. The molecule has 0 atom stereocenters. The van der Waals surface area contributed by atoms with Gasteiger partial charge in [-0.25, -0.2) is 9.97 Å². The summed E-state index contributed by atoms with van der Waals surface area (Å²) >= 11 is 0. The van der Waals surface area contributed by atoms with Gasteiger partial charge in [0.1, 0.15) is 11.3 Å². The van der Waals surface area contributed by atoms with E-state index in [1.165, 1.54) is 12.4 Å². The first-order valence-electron chi connectivity index (χ1n) is 8.89. The van der Waals surface area contributed by atoms with Gasteiger partial charge >= 0.3 is 6.18 Å². The van der Waals surface area contributed by atoms with Crippen molar-refractivity contribution >= 4 is 11.6 Å². The lowest BCUT2D eigenvalue weighted by atomic mass is 10.1. The fraction of sp³-hybridized carbons (Fsp3) is 0.389. The van der Waals surface area contributed by atoms with E-state index in [2.05, 4.69) is 9.97 Å². The summed E-state index contributed by atoms with van der Waals surface area (Å²) in [4.78, 5) is 22.9. The fourth-order valence-corrected chi connectivity index (χ4v) is 3.79. The van der Waals surface area contributed by atoms with Crippen molar-refractivity contribution in [3.63, 3.8) is 0 Å². The minimum absolute atomic E-state index is 0.0330. The third-order valence-corrected chi connectivity index (χ3v) is 5.11. The Morgan fingerprint density at radius 3 is 2.38 bits per heavy atom. The molecule has 2 aliphatic heterocycles. The van der Waals surface area contributed by atoms with Gasteiger partial charge in [-0.1, -0.05) is 0 Å². The number of hydrogen-bond donors (Lipinski definition) is 0. The van der Waals surface area contributed by atoms with Gasteiger partial charge in [0.2, 0.25) is 0 Å². The minimum Gasteiger partial charge on any atom is -0.443 e. The minimum atomic E-state index is -4.61. The molecule has 2 bridgehead atoms. The zero-order valence-corrected chi connectivity index (χ0v) is 14.9. The Morgan fingerprint density at radius 2 is 1.79 bits per heavy atom. The number of alkyl halides is 3. The molecular formula is C18H15F3N4O4. The summed E-state index contributed by atoms with van der Waals surface area (Å²) in [6.45, 7) is 1.26. The van der Waals surface area contributed by atoms with E-state index in [9.17, 15) is 18.0 Å². The number of morpholine rings is 2. The van der Waals surface area contributed by atoms with Crippen LogP contribution in [0.4, 0.5) is 13.2 Å². The van der Waals surface area contributed by atoms with Gasteiger partial charge < -0.3 is 18.8 Å². The fourth-order valence-electron chi connectivity index (χ4n) is 3.79. The Hall–Kier alpha value is -2.92. The number of pyridine rings is 1. The van der Waals surface area contributed by atoms with E-state index in [4.69, 9.17) is 13.9 Å². The van der Waals surface area contributed by atoms with Crippen LogP contribution >= 0.6 is 0 Å². The van der Waals surface area contributed by atoms with Crippen LogP contribution < -0.4 is 0 Å². The maximum absolute atomic E-state index is 13.5. The number of amides is 1. The topological polar surface area (TPSA) is 82.1 Å². The predicted molar refractivity (Wildman–Crippen MR) is 91.1 cm³/mol. The molecule has 3 aromatic rings. The molecule has 5 rings (SSSR count). The van der Waals surface area contributed by atoms with Crippen molar-refractivity contribution in [3.05, 3.63) is 42.3 Å². The number of rotatable bonds is 2. The lowest BCUT2D eigenvalue weighted by Crippen LogP contribution is -2.61. The average molecular weight is 408 g/mol. The van der Waals surface area contributed by atoms with E-state index < -0.39 is 17.6 Å². The Balaban J connectivity index is 1.65. The number of aromatic nitrogens is 3. The van der Waals surface area contributed by atoms with Crippen LogP contribution in [0.2, 0.25) is 0 Å². The van der Waals surface area contributed by atoms with Gasteiger partial charge in [0.25, 0.3) is 5.91 Å². The van der Waals surface area contributed by atoms with Crippen molar-refractivity contribution < 1.29 is 31.9 Å². The molecule has 2 fully saturated rings. The molecule has 2 saturated heterocycles. The average Bonchev–Trinajstić information content (AvgIpc) is 3.35. The maximum Gasteiger partial charge on any atom is 0.417 e. The Morgan fingerprint density at radius 1 is 1.10 bits per heavy atom. The first kappa shape index (κ1) is 18.1. The van der Waals surface area contributed by atoms with Crippen molar-refractivity contribution in [1.82, 2.24) is 19.3 Å². The van der Waals surface area contributed by atoms with Crippen LogP contribution in [0.25, 0.3) is 17.0 Å². The van der Waals surface area contributed by atoms with Crippen LogP contribution in [0, 0.1) is 0 Å². The van der Waals surface area contributed by atoms with Gasteiger partial charge in [0, 0.05) is 6.20 Å². The molecule has 0 radical (unpaired) electrons. The van der Waals surface area contributed by atoms with E-state index in [-0.39, 0.29) is 34.7 Å². The first-order chi connectivity index (χ1) is 13.9. The van der Waals surface area contributed by atoms with Gasteiger partial charge in [0.05, 0.1) is 62.0 Å². The predicted octanol–water partition coefficient (Wildman–Crippen LogP) is 2.25. The van der Waals surface area contributed by atoms with Gasteiger partial charge in [-0.05, 0) is 6.07 Å². The van der Waals surface area contributed by atoms with Crippen LogP contribution in [0.15, 0.2) is 35.5 Å². The summed E-state index contributed by atoms with van der Waals surface area (Å²) in [5.41, 5.74) is -0.616. The number of carbonyl (C=O) groups excluding carboxylic acids is 1. The third-order valence-electron chi connectivity index (χ3n) is 5.11. The molecule has 8 nitrogen and oxygen atoms in total. The summed E-state index contributed by atoms with van der Waals surface area (Å²) in [5, 5.41) is 0. The highest BCUT2D eigenvalue weighted by molar-refractivity contribution is 5.95. The molecule has 152 valence electrons. The molecular weight excluding hydrogens is 393 g/mol. The Labute approximate surface area is 161 Å². The number of imidazole rings is 1. The molecule has 1 amide bonds. The summed E-state index contributed by atoms with van der Waals surface area (Å²) in [6, 6.07) is 0.356. The highest BCUT2D eigenvalue weighted by Gasteiger charge is 2.40. The number of oxazole rings is 1. The highest BCUT2D eigenvalue weighted by atomic mass is 19.4. The van der Waals surface area contributed by atoms with Crippen LogP contribution in [0.1, 0.15) is 16.1 Å². The highest BCUT2D eigenvalue weighted by Crippen LogP contribution is 2.35. The van der Waals surface area contributed by atoms with Gasteiger partial charge in [-0.15, -0.1) is 0 Å². The monoisotopic (exact) mass is 408 g/mol. The Bertz CT molecular complexity index is 1040. The Kier molecular flexibility index (Phi) is 4.10. The summed E-state index contributed by atoms with van der Waals surface area (Å²) in [7, 11) is 0. The lowest BCUT2D eigenvalue weighted by Gasteiger charge is -2.45. The van der Waals surface area contributed by atoms with Crippen molar-refractivity contribution in [2.75, 3.05) is 26.4 Å².